The van der Waals surface area contributed by atoms with E-state index in [-0.39, 0.29) is 10.5 Å². The Bertz CT molecular complexity index is 1130. The second-order valence-corrected chi connectivity index (χ2v) is 9.18. The summed E-state index contributed by atoms with van der Waals surface area (Å²) in [5, 5.41) is 12.0. The first-order valence-electron chi connectivity index (χ1n) is 9.06. The molecule has 2 rings (SSSR count). The quantitative estimate of drug-likeness (QED) is 0.659. The first-order chi connectivity index (χ1) is 14.3. The Morgan fingerprint density at radius 3 is 1.84 bits per heavy atom. The van der Waals surface area contributed by atoms with Gasteiger partial charge in [0.25, 0.3) is 12.3 Å². The van der Waals surface area contributed by atoms with Crippen LogP contribution in [0.4, 0.5) is 8.78 Å². The van der Waals surface area contributed by atoms with Crippen LogP contribution >= 0.6 is 0 Å². The van der Waals surface area contributed by atoms with Crippen molar-refractivity contribution in [2.75, 3.05) is 6.26 Å². The van der Waals surface area contributed by atoms with Crippen LogP contribution in [0.2, 0.25) is 0 Å². The topological polar surface area (TPSA) is 101 Å². The van der Waals surface area contributed by atoms with Crippen molar-refractivity contribution in [3.8, 4) is 11.8 Å². The van der Waals surface area contributed by atoms with Gasteiger partial charge in [-0.25, -0.2) is 17.2 Å². The summed E-state index contributed by atoms with van der Waals surface area (Å²) in [5.41, 5.74) is -1.47. The molecule has 0 heterocycles. The molecule has 0 aliphatic rings. The van der Waals surface area contributed by atoms with E-state index in [4.69, 9.17) is 0 Å². The molecule has 2 atom stereocenters. The minimum absolute atomic E-state index is 0.0966. The fourth-order valence-corrected chi connectivity index (χ4v) is 3.26. The Kier molecular flexibility index (Phi) is 7.31. The standard InChI is InChI=1S/C22H21F2NO5S/c1-14(26)19(22(2,28)21(23)24)25-20(27)17-10-6-15(7-11-17)4-5-16-8-12-18(13-9-16)31(3,29)30/h6-13,19,21,28H,1-3H3,(H,25,27)/t19-,22+/m1/s1. The highest BCUT2D eigenvalue weighted by Crippen LogP contribution is 2.21. The molecule has 0 aromatic heterocycles. The highest BCUT2D eigenvalue weighted by Gasteiger charge is 2.44. The van der Waals surface area contributed by atoms with E-state index >= 15 is 0 Å². The lowest BCUT2D eigenvalue weighted by Gasteiger charge is -2.30. The number of sulfone groups is 1. The molecule has 0 fully saturated rings. The molecule has 2 aromatic carbocycles. The summed E-state index contributed by atoms with van der Waals surface area (Å²) in [7, 11) is -3.29. The zero-order valence-electron chi connectivity index (χ0n) is 17.0. The van der Waals surface area contributed by atoms with Gasteiger partial charge in [-0.15, -0.1) is 0 Å². The Hall–Kier alpha value is -3.09. The van der Waals surface area contributed by atoms with Gasteiger partial charge in [-0.3, -0.25) is 9.59 Å². The molecule has 31 heavy (non-hydrogen) atoms. The first-order valence-corrected chi connectivity index (χ1v) is 11.0. The Morgan fingerprint density at radius 1 is 1.00 bits per heavy atom. The molecule has 2 aromatic rings. The van der Waals surface area contributed by atoms with Crippen molar-refractivity contribution in [3.05, 3.63) is 65.2 Å². The Morgan fingerprint density at radius 2 is 1.45 bits per heavy atom. The van der Waals surface area contributed by atoms with E-state index in [1.165, 1.54) is 36.4 Å². The zero-order valence-corrected chi connectivity index (χ0v) is 17.8. The predicted octanol–water partition coefficient (Wildman–Crippen LogP) is 2.19. The lowest BCUT2D eigenvalue weighted by molar-refractivity contribution is -0.138. The van der Waals surface area contributed by atoms with Gasteiger partial charge in [-0.05, 0) is 62.4 Å². The number of alkyl halides is 2. The molecular formula is C22H21F2NO5S. The van der Waals surface area contributed by atoms with Crippen molar-refractivity contribution >= 4 is 21.5 Å². The fourth-order valence-electron chi connectivity index (χ4n) is 2.63. The monoisotopic (exact) mass is 449 g/mol. The van der Waals surface area contributed by atoms with Gasteiger partial charge in [0.15, 0.2) is 15.6 Å². The molecule has 0 saturated carbocycles. The van der Waals surface area contributed by atoms with Gasteiger partial charge in [-0.2, -0.15) is 0 Å². The maximum absolute atomic E-state index is 13.0. The summed E-state index contributed by atoms with van der Waals surface area (Å²) in [6, 6.07) is 10.1. The number of halogens is 2. The number of amides is 1. The van der Waals surface area contributed by atoms with E-state index in [0.29, 0.717) is 11.1 Å². The van der Waals surface area contributed by atoms with Gasteiger partial charge >= 0.3 is 0 Å². The minimum Gasteiger partial charge on any atom is -0.382 e. The average molecular weight is 449 g/mol. The van der Waals surface area contributed by atoms with E-state index in [1.54, 1.807) is 12.1 Å². The number of Topliss-reactive ketones (excluding diaryl/α,β-unsaturated/α-hetero) is 1. The van der Waals surface area contributed by atoms with Crippen LogP contribution in [0.1, 0.15) is 35.3 Å². The largest absolute Gasteiger partial charge is 0.382 e. The summed E-state index contributed by atoms with van der Waals surface area (Å²) in [4.78, 5) is 24.2. The van der Waals surface area contributed by atoms with Crippen LogP contribution < -0.4 is 5.32 Å². The number of benzene rings is 2. The predicted molar refractivity (Wildman–Crippen MR) is 111 cm³/mol. The molecule has 164 valence electrons. The van der Waals surface area contributed by atoms with E-state index < -0.39 is 39.6 Å². The smallest absolute Gasteiger partial charge is 0.269 e. The van der Waals surface area contributed by atoms with Gasteiger partial charge in [0.2, 0.25) is 0 Å². The van der Waals surface area contributed by atoms with Crippen LogP contribution in [-0.2, 0) is 14.6 Å². The van der Waals surface area contributed by atoms with Crippen LogP contribution in [-0.4, -0.2) is 49.5 Å². The molecular weight excluding hydrogens is 428 g/mol. The zero-order chi connectivity index (χ0) is 23.4. The number of nitrogens with one attached hydrogen (secondary N) is 1. The number of carbonyl (C=O) groups is 2. The van der Waals surface area contributed by atoms with Crippen molar-refractivity contribution in [3.63, 3.8) is 0 Å². The Balaban J connectivity index is 2.14. The SMILES string of the molecule is CC(=O)[C@@H](NC(=O)c1ccc(C#Cc2ccc(S(C)(=O)=O)cc2)cc1)[C@](C)(O)C(F)F. The van der Waals surface area contributed by atoms with Gasteiger partial charge in [0.1, 0.15) is 11.6 Å². The average Bonchev–Trinajstić information content (AvgIpc) is 2.69. The summed E-state index contributed by atoms with van der Waals surface area (Å²) in [6.07, 6.45) is -2.12. The third kappa shape index (κ3) is 6.20. The summed E-state index contributed by atoms with van der Waals surface area (Å²) in [5.74, 6) is 4.12. The van der Waals surface area contributed by atoms with E-state index in [2.05, 4.69) is 17.2 Å². The highest BCUT2D eigenvalue weighted by molar-refractivity contribution is 7.90. The van der Waals surface area contributed by atoms with E-state index in [1.807, 2.05) is 0 Å². The third-order valence-electron chi connectivity index (χ3n) is 4.49. The van der Waals surface area contributed by atoms with Crippen LogP contribution in [0.15, 0.2) is 53.4 Å². The van der Waals surface area contributed by atoms with Gasteiger partial charge in [0, 0.05) is 22.9 Å². The van der Waals surface area contributed by atoms with Crippen molar-refractivity contribution < 1.29 is 31.9 Å². The lowest BCUT2D eigenvalue weighted by atomic mass is 9.93. The third-order valence-corrected chi connectivity index (χ3v) is 5.62. The van der Waals surface area contributed by atoms with Crippen molar-refractivity contribution in [1.82, 2.24) is 5.32 Å². The number of hydrogen-bond acceptors (Lipinski definition) is 5. The molecule has 0 radical (unpaired) electrons. The summed E-state index contributed by atoms with van der Waals surface area (Å²) in [6.45, 7) is 1.79. The number of ketones is 1. The minimum atomic E-state index is -3.29. The van der Waals surface area contributed by atoms with Gasteiger partial charge in [-0.1, -0.05) is 11.8 Å². The fraction of sp³-hybridized carbons (Fsp3) is 0.273. The molecule has 0 spiro atoms. The Labute approximate surface area is 179 Å². The van der Waals surface area contributed by atoms with Gasteiger partial charge in [0.05, 0.1) is 4.90 Å². The lowest BCUT2D eigenvalue weighted by Crippen LogP contribution is -2.58. The van der Waals surface area contributed by atoms with Crippen molar-refractivity contribution in [1.29, 1.82) is 0 Å². The summed E-state index contributed by atoms with van der Waals surface area (Å²) >= 11 is 0. The molecule has 0 aliphatic carbocycles. The van der Waals surface area contributed by atoms with Gasteiger partial charge < -0.3 is 10.4 Å². The summed E-state index contributed by atoms with van der Waals surface area (Å²) < 4.78 is 49.0. The van der Waals surface area contributed by atoms with E-state index in [0.717, 1.165) is 20.1 Å². The van der Waals surface area contributed by atoms with Crippen molar-refractivity contribution in [2.45, 2.75) is 36.8 Å². The maximum atomic E-state index is 13.0. The van der Waals surface area contributed by atoms with Crippen LogP contribution in [0.25, 0.3) is 0 Å². The normalized spacial score (nSPS) is 14.2. The highest BCUT2D eigenvalue weighted by atomic mass is 32.2. The van der Waals surface area contributed by atoms with Crippen LogP contribution in [0, 0.1) is 11.8 Å². The van der Waals surface area contributed by atoms with Crippen LogP contribution in [0.3, 0.4) is 0 Å². The van der Waals surface area contributed by atoms with Crippen molar-refractivity contribution in [2.24, 2.45) is 0 Å². The second-order valence-electron chi connectivity index (χ2n) is 7.17. The molecule has 1 amide bonds. The number of hydrogen-bond donors (Lipinski definition) is 2. The molecule has 0 aliphatic heterocycles. The molecule has 0 bridgehead atoms. The van der Waals surface area contributed by atoms with E-state index in [9.17, 15) is 31.9 Å². The van der Waals surface area contributed by atoms with Crippen LogP contribution in [0.5, 0.6) is 0 Å². The molecule has 0 saturated heterocycles. The number of rotatable bonds is 6. The maximum Gasteiger partial charge on any atom is 0.269 e. The number of aliphatic hydroxyl groups is 1. The molecule has 2 N–H and O–H groups in total. The second kappa shape index (κ2) is 9.37. The first kappa shape index (κ1) is 24.2. The number of carbonyl (C=O) groups excluding carboxylic acids is 2. The molecule has 9 heteroatoms. The molecule has 0 unspecified atom stereocenters. The molecule has 6 nitrogen and oxygen atoms in total.